The lowest BCUT2D eigenvalue weighted by Gasteiger charge is -2.37. The predicted octanol–water partition coefficient (Wildman–Crippen LogP) is 4.78. The van der Waals surface area contributed by atoms with E-state index in [-0.39, 0.29) is 30.1 Å². The Balaban J connectivity index is 1.44. The van der Waals surface area contributed by atoms with Gasteiger partial charge in [-0.15, -0.1) is 0 Å². The highest BCUT2D eigenvalue weighted by Gasteiger charge is 2.36. The molecule has 2 N–H and O–H groups in total. The van der Waals surface area contributed by atoms with Crippen molar-refractivity contribution in [3.05, 3.63) is 57.0 Å². The monoisotopic (exact) mass is 525 g/mol. The van der Waals surface area contributed by atoms with E-state index in [0.29, 0.717) is 29.4 Å². The Labute approximate surface area is 220 Å². The van der Waals surface area contributed by atoms with Crippen molar-refractivity contribution in [3.63, 3.8) is 0 Å². The fraction of sp³-hybridized carbons (Fsp3) is 0.393. The van der Waals surface area contributed by atoms with E-state index in [9.17, 15) is 14.4 Å². The van der Waals surface area contributed by atoms with E-state index in [0.717, 1.165) is 58.2 Å². The first-order chi connectivity index (χ1) is 17.6. The molecule has 2 aromatic rings. The van der Waals surface area contributed by atoms with Crippen LogP contribution in [0.2, 0.25) is 0 Å². The standard InChI is InChI=1S/C28H31NO7S/c1-16-17(2)25-21(18(3)24(16)35-23(31)6-5-13-30)11-12-28(4,36-25)15-34-20-9-7-19(8-10-20)14-22-26(32)29-27(33)37-22/h7-10,14,30H,5-6,11-13,15H2,1-4H3,(H,29,32,33). The zero-order chi connectivity index (χ0) is 26.7. The van der Waals surface area contributed by atoms with Gasteiger partial charge in [-0.25, -0.2) is 0 Å². The summed E-state index contributed by atoms with van der Waals surface area (Å²) in [4.78, 5) is 35.6. The second-order valence-corrected chi connectivity index (χ2v) is 10.6. The summed E-state index contributed by atoms with van der Waals surface area (Å²) in [5.41, 5.74) is 3.98. The summed E-state index contributed by atoms with van der Waals surface area (Å²) in [5, 5.41) is 10.9. The first kappa shape index (κ1) is 26.8. The van der Waals surface area contributed by atoms with Crippen molar-refractivity contribution in [1.29, 1.82) is 0 Å². The number of aliphatic hydroxyl groups excluding tert-OH is 1. The van der Waals surface area contributed by atoms with E-state index in [2.05, 4.69) is 5.32 Å². The summed E-state index contributed by atoms with van der Waals surface area (Å²) in [5.74, 6) is 1.33. The minimum atomic E-state index is -0.546. The van der Waals surface area contributed by atoms with Crippen LogP contribution in [0, 0.1) is 20.8 Å². The van der Waals surface area contributed by atoms with Crippen molar-refractivity contribution in [2.75, 3.05) is 13.2 Å². The Morgan fingerprint density at radius 1 is 1.16 bits per heavy atom. The summed E-state index contributed by atoms with van der Waals surface area (Å²) < 4.78 is 18.2. The first-order valence-electron chi connectivity index (χ1n) is 12.2. The first-order valence-corrected chi connectivity index (χ1v) is 13.0. The SMILES string of the molecule is Cc1c(C)c2c(c(C)c1OC(=O)CCCO)CCC(C)(COc1ccc(C=C3SC(=O)NC3=O)cc1)O2. The molecule has 0 saturated carbocycles. The number of esters is 1. The van der Waals surface area contributed by atoms with E-state index in [4.69, 9.17) is 19.3 Å². The Kier molecular flexibility index (Phi) is 7.94. The molecule has 2 aliphatic rings. The average molecular weight is 526 g/mol. The number of amides is 2. The molecule has 8 nitrogen and oxygen atoms in total. The minimum Gasteiger partial charge on any atom is -0.489 e. The van der Waals surface area contributed by atoms with Crippen LogP contribution >= 0.6 is 11.8 Å². The van der Waals surface area contributed by atoms with Gasteiger partial charge in [-0.3, -0.25) is 19.7 Å². The number of carbonyl (C=O) groups is 3. The Bertz CT molecular complexity index is 1270. The van der Waals surface area contributed by atoms with Crippen LogP contribution in [0.25, 0.3) is 6.08 Å². The molecule has 0 spiro atoms. The lowest BCUT2D eigenvalue weighted by atomic mass is 9.87. The largest absolute Gasteiger partial charge is 0.489 e. The van der Waals surface area contributed by atoms with Crippen molar-refractivity contribution in [2.45, 2.75) is 59.0 Å². The molecule has 0 aromatic heterocycles. The number of aliphatic hydroxyl groups is 1. The quantitative estimate of drug-likeness (QED) is 0.288. The highest BCUT2D eigenvalue weighted by molar-refractivity contribution is 8.18. The molecular formula is C28H31NO7S. The van der Waals surface area contributed by atoms with Crippen molar-refractivity contribution in [3.8, 4) is 17.2 Å². The Morgan fingerprint density at radius 3 is 2.54 bits per heavy atom. The molecule has 1 unspecified atom stereocenters. The number of rotatable bonds is 8. The summed E-state index contributed by atoms with van der Waals surface area (Å²) in [7, 11) is 0. The van der Waals surface area contributed by atoms with Crippen molar-refractivity contribution < 1.29 is 33.7 Å². The molecule has 0 bridgehead atoms. The molecule has 4 rings (SSSR count). The minimum absolute atomic E-state index is 0.0487. The second kappa shape index (κ2) is 11.0. The number of thioether (sulfide) groups is 1. The normalized spacial score (nSPS) is 19.9. The third-order valence-corrected chi connectivity index (χ3v) is 7.49. The van der Waals surface area contributed by atoms with Gasteiger partial charge in [0.2, 0.25) is 0 Å². The van der Waals surface area contributed by atoms with Crippen LogP contribution in [0.5, 0.6) is 17.2 Å². The molecule has 1 atom stereocenters. The van der Waals surface area contributed by atoms with Gasteiger partial charge in [0.05, 0.1) is 4.91 Å². The van der Waals surface area contributed by atoms with Crippen LogP contribution in [0.1, 0.15) is 54.0 Å². The lowest BCUT2D eigenvalue weighted by Crippen LogP contribution is -2.42. The van der Waals surface area contributed by atoms with Crippen LogP contribution in [0.3, 0.4) is 0 Å². The fourth-order valence-electron chi connectivity index (χ4n) is 4.39. The number of ether oxygens (including phenoxy) is 3. The summed E-state index contributed by atoms with van der Waals surface area (Å²) in [6, 6.07) is 7.31. The van der Waals surface area contributed by atoms with Gasteiger partial charge in [-0.2, -0.15) is 0 Å². The Hall–Kier alpha value is -3.30. The number of benzene rings is 2. The summed E-state index contributed by atoms with van der Waals surface area (Å²) in [6.45, 7) is 8.15. The molecule has 2 heterocycles. The van der Waals surface area contributed by atoms with E-state index in [1.54, 1.807) is 6.08 Å². The third kappa shape index (κ3) is 5.99. The number of hydrogen-bond donors (Lipinski definition) is 2. The number of hydrogen-bond acceptors (Lipinski definition) is 8. The molecular weight excluding hydrogens is 494 g/mol. The summed E-state index contributed by atoms with van der Waals surface area (Å²) >= 11 is 0.885. The molecule has 37 heavy (non-hydrogen) atoms. The van der Waals surface area contributed by atoms with Gasteiger partial charge >= 0.3 is 5.97 Å². The van der Waals surface area contributed by atoms with E-state index < -0.39 is 5.60 Å². The number of imide groups is 1. The van der Waals surface area contributed by atoms with Gasteiger partial charge in [-0.1, -0.05) is 12.1 Å². The van der Waals surface area contributed by atoms with E-state index in [1.807, 2.05) is 52.0 Å². The van der Waals surface area contributed by atoms with Crippen molar-refractivity contribution >= 4 is 35.0 Å². The molecule has 2 aromatic carbocycles. The maximum Gasteiger partial charge on any atom is 0.311 e. The fourth-order valence-corrected chi connectivity index (χ4v) is 5.08. The zero-order valence-corrected chi connectivity index (χ0v) is 22.3. The highest BCUT2D eigenvalue weighted by Crippen LogP contribution is 2.44. The molecule has 196 valence electrons. The predicted molar refractivity (Wildman–Crippen MR) is 141 cm³/mol. The van der Waals surface area contributed by atoms with Gasteiger partial charge in [0.15, 0.2) is 0 Å². The topological polar surface area (TPSA) is 111 Å². The smallest absolute Gasteiger partial charge is 0.311 e. The van der Waals surface area contributed by atoms with Crippen LogP contribution < -0.4 is 19.5 Å². The molecule has 1 saturated heterocycles. The van der Waals surface area contributed by atoms with E-state index in [1.165, 1.54) is 0 Å². The number of carbonyl (C=O) groups excluding carboxylic acids is 3. The molecule has 9 heteroatoms. The Morgan fingerprint density at radius 2 is 1.89 bits per heavy atom. The molecule has 1 fully saturated rings. The zero-order valence-electron chi connectivity index (χ0n) is 21.4. The van der Waals surface area contributed by atoms with Crippen LogP contribution in [-0.2, 0) is 16.0 Å². The molecule has 0 radical (unpaired) electrons. The summed E-state index contributed by atoms with van der Waals surface area (Å²) in [6.07, 6.45) is 3.70. The van der Waals surface area contributed by atoms with Gasteiger partial charge in [0.25, 0.3) is 11.1 Å². The van der Waals surface area contributed by atoms with Crippen LogP contribution in [0.4, 0.5) is 4.79 Å². The van der Waals surface area contributed by atoms with E-state index >= 15 is 0 Å². The van der Waals surface area contributed by atoms with Crippen LogP contribution in [-0.4, -0.2) is 41.0 Å². The highest BCUT2D eigenvalue weighted by atomic mass is 32.2. The van der Waals surface area contributed by atoms with Crippen LogP contribution in [0.15, 0.2) is 29.2 Å². The van der Waals surface area contributed by atoms with Gasteiger partial charge in [0.1, 0.15) is 29.5 Å². The second-order valence-electron chi connectivity index (χ2n) is 9.57. The number of nitrogens with one attached hydrogen (secondary N) is 1. The maximum absolute atomic E-state index is 12.2. The third-order valence-electron chi connectivity index (χ3n) is 6.68. The van der Waals surface area contributed by atoms with Gasteiger partial charge in [-0.05, 0) is 99.2 Å². The van der Waals surface area contributed by atoms with Gasteiger partial charge < -0.3 is 19.3 Å². The lowest BCUT2D eigenvalue weighted by molar-refractivity contribution is -0.134. The van der Waals surface area contributed by atoms with Gasteiger partial charge in [0, 0.05) is 18.6 Å². The maximum atomic E-state index is 12.2. The molecule has 2 aliphatic heterocycles. The van der Waals surface area contributed by atoms with Crippen molar-refractivity contribution in [1.82, 2.24) is 5.32 Å². The average Bonchev–Trinajstić information content (AvgIpc) is 3.19. The van der Waals surface area contributed by atoms with Crippen molar-refractivity contribution in [2.24, 2.45) is 0 Å². The number of fused-ring (bicyclic) bond motifs is 1. The molecule has 2 amide bonds. The molecule has 0 aliphatic carbocycles.